The van der Waals surface area contributed by atoms with Gasteiger partial charge in [-0.05, 0) is 13.3 Å². The number of rotatable bonds is 5. The zero-order valence-electron chi connectivity index (χ0n) is 11.8. The third kappa shape index (κ3) is 3.32. The van der Waals surface area contributed by atoms with Crippen molar-refractivity contribution in [2.75, 3.05) is 30.9 Å². The molecule has 4 heteroatoms. The van der Waals surface area contributed by atoms with Crippen LogP contribution in [0.3, 0.4) is 0 Å². The number of nitrogens with one attached hydrogen (secondary N) is 1. The Morgan fingerprint density at radius 2 is 1.88 bits per heavy atom. The van der Waals surface area contributed by atoms with Crippen LogP contribution in [0.4, 0.5) is 11.6 Å². The minimum absolute atomic E-state index is 0.344. The average molecular weight is 236 g/mol. The smallest absolute Gasteiger partial charge is 0.136 e. The molecule has 1 aromatic heterocycles. The van der Waals surface area contributed by atoms with Gasteiger partial charge in [0.15, 0.2) is 0 Å². The van der Waals surface area contributed by atoms with Gasteiger partial charge in [0.1, 0.15) is 17.5 Å². The first kappa shape index (κ1) is 13.7. The number of hydrogen-bond acceptors (Lipinski definition) is 4. The first-order valence-corrected chi connectivity index (χ1v) is 6.27. The lowest BCUT2D eigenvalue weighted by molar-refractivity contribution is 0.766. The second-order valence-electron chi connectivity index (χ2n) is 4.85. The van der Waals surface area contributed by atoms with Gasteiger partial charge in [0, 0.05) is 32.1 Å². The van der Waals surface area contributed by atoms with Gasteiger partial charge >= 0.3 is 0 Å². The Bertz CT molecular complexity index is 372. The van der Waals surface area contributed by atoms with E-state index < -0.39 is 0 Å². The summed E-state index contributed by atoms with van der Waals surface area (Å²) in [6.45, 7) is 9.40. The van der Waals surface area contributed by atoms with Crippen LogP contribution < -0.4 is 10.2 Å². The maximum Gasteiger partial charge on any atom is 0.136 e. The lowest BCUT2D eigenvalue weighted by Crippen LogP contribution is -2.17. The molecular formula is C13H24N4. The van der Waals surface area contributed by atoms with Crippen molar-refractivity contribution in [2.45, 2.75) is 40.0 Å². The molecule has 0 aliphatic rings. The summed E-state index contributed by atoms with van der Waals surface area (Å²) in [6, 6.07) is 0. The first-order chi connectivity index (χ1) is 7.97. The second-order valence-corrected chi connectivity index (χ2v) is 4.85. The molecule has 1 rings (SSSR count). The van der Waals surface area contributed by atoms with Crippen molar-refractivity contribution in [1.82, 2.24) is 9.97 Å². The van der Waals surface area contributed by atoms with E-state index in [-0.39, 0.29) is 0 Å². The summed E-state index contributed by atoms with van der Waals surface area (Å²) >= 11 is 0. The van der Waals surface area contributed by atoms with E-state index in [1.165, 1.54) is 0 Å². The molecular weight excluding hydrogens is 212 g/mol. The fourth-order valence-corrected chi connectivity index (χ4v) is 1.63. The molecule has 96 valence electrons. The Morgan fingerprint density at radius 1 is 1.24 bits per heavy atom. The van der Waals surface area contributed by atoms with E-state index in [1.807, 2.05) is 19.0 Å². The highest BCUT2D eigenvalue weighted by atomic mass is 15.2. The van der Waals surface area contributed by atoms with Crippen molar-refractivity contribution < 1.29 is 0 Å². The fraction of sp³-hybridized carbons (Fsp3) is 0.692. The number of nitrogens with zero attached hydrogens (tertiary/aromatic N) is 3. The summed E-state index contributed by atoms with van der Waals surface area (Å²) < 4.78 is 0. The van der Waals surface area contributed by atoms with Gasteiger partial charge in [-0.25, -0.2) is 9.97 Å². The number of anilines is 2. The van der Waals surface area contributed by atoms with Crippen molar-refractivity contribution in [2.24, 2.45) is 0 Å². The molecule has 0 aromatic carbocycles. The molecule has 0 atom stereocenters. The molecule has 0 saturated heterocycles. The maximum atomic E-state index is 4.61. The van der Waals surface area contributed by atoms with E-state index in [9.17, 15) is 0 Å². The van der Waals surface area contributed by atoms with Crippen molar-refractivity contribution in [3.63, 3.8) is 0 Å². The van der Waals surface area contributed by atoms with Crippen LogP contribution in [0.2, 0.25) is 0 Å². The molecule has 0 fully saturated rings. The fourth-order valence-electron chi connectivity index (χ4n) is 1.63. The van der Waals surface area contributed by atoms with Gasteiger partial charge in [-0.3, -0.25) is 0 Å². The summed E-state index contributed by atoms with van der Waals surface area (Å²) in [5.41, 5.74) is 1.12. The molecule has 1 N–H and O–H groups in total. The molecule has 0 amide bonds. The summed E-state index contributed by atoms with van der Waals surface area (Å²) in [6.07, 6.45) is 1.09. The second kappa shape index (κ2) is 5.84. The third-order valence-electron chi connectivity index (χ3n) is 2.62. The van der Waals surface area contributed by atoms with Crippen molar-refractivity contribution in [1.29, 1.82) is 0 Å². The molecule has 1 heterocycles. The summed E-state index contributed by atoms with van der Waals surface area (Å²) in [4.78, 5) is 11.3. The lowest BCUT2D eigenvalue weighted by Gasteiger charge is -2.19. The highest BCUT2D eigenvalue weighted by Crippen LogP contribution is 2.24. The monoisotopic (exact) mass is 236 g/mol. The SMILES string of the molecule is CCCNc1nc(C(C)C)nc(N(C)C)c1C. The Labute approximate surface area is 104 Å². The van der Waals surface area contributed by atoms with E-state index in [1.54, 1.807) is 0 Å². The lowest BCUT2D eigenvalue weighted by atomic mass is 10.2. The standard InChI is InChI=1S/C13H24N4/c1-7-8-14-12-10(4)13(17(5)6)16-11(15-12)9(2)3/h9H,7-8H2,1-6H3,(H,14,15,16). The molecule has 1 aromatic rings. The van der Waals surface area contributed by atoms with E-state index in [2.05, 4.69) is 43.0 Å². The molecule has 0 unspecified atom stereocenters. The van der Waals surface area contributed by atoms with Crippen molar-refractivity contribution in [3.05, 3.63) is 11.4 Å². The van der Waals surface area contributed by atoms with E-state index in [0.717, 1.165) is 36.0 Å². The minimum atomic E-state index is 0.344. The number of hydrogen-bond donors (Lipinski definition) is 1. The summed E-state index contributed by atoms with van der Waals surface area (Å²) in [5, 5.41) is 3.38. The normalized spacial score (nSPS) is 10.8. The molecule has 4 nitrogen and oxygen atoms in total. The van der Waals surface area contributed by atoms with E-state index >= 15 is 0 Å². The average Bonchev–Trinajstić information content (AvgIpc) is 2.26. The van der Waals surface area contributed by atoms with Crippen LogP contribution in [0.1, 0.15) is 44.5 Å². The van der Waals surface area contributed by atoms with Gasteiger partial charge in [0.2, 0.25) is 0 Å². The Balaban J connectivity index is 3.18. The number of aromatic nitrogens is 2. The van der Waals surface area contributed by atoms with Crippen molar-refractivity contribution in [3.8, 4) is 0 Å². The van der Waals surface area contributed by atoms with E-state index in [4.69, 9.17) is 0 Å². The van der Waals surface area contributed by atoms with Crippen LogP contribution >= 0.6 is 0 Å². The van der Waals surface area contributed by atoms with Gasteiger partial charge in [0.05, 0.1) is 0 Å². The van der Waals surface area contributed by atoms with E-state index in [0.29, 0.717) is 5.92 Å². The van der Waals surface area contributed by atoms with Crippen LogP contribution in [-0.2, 0) is 0 Å². The van der Waals surface area contributed by atoms with Crippen molar-refractivity contribution >= 4 is 11.6 Å². The summed E-state index contributed by atoms with van der Waals surface area (Å²) in [7, 11) is 4.03. The molecule has 0 aliphatic carbocycles. The van der Waals surface area contributed by atoms with Crippen LogP contribution in [0.5, 0.6) is 0 Å². The highest BCUT2D eigenvalue weighted by molar-refractivity contribution is 5.58. The third-order valence-corrected chi connectivity index (χ3v) is 2.62. The zero-order valence-corrected chi connectivity index (χ0v) is 11.8. The highest BCUT2D eigenvalue weighted by Gasteiger charge is 2.13. The van der Waals surface area contributed by atoms with Gasteiger partial charge in [-0.2, -0.15) is 0 Å². The quantitative estimate of drug-likeness (QED) is 0.853. The molecule has 17 heavy (non-hydrogen) atoms. The van der Waals surface area contributed by atoms with Gasteiger partial charge in [-0.15, -0.1) is 0 Å². The van der Waals surface area contributed by atoms with Gasteiger partial charge in [0.25, 0.3) is 0 Å². The molecule has 0 bridgehead atoms. The van der Waals surface area contributed by atoms with Crippen LogP contribution in [0.15, 0.2) is 0 Å². The largest absolute Gasteiger partial charge is 0.370 e. The molecule has 0 spiro atoms. The zero-order chi connectivity index (χ0) is 13.0. The van der Waals surface area contributed by atoms with Crippen LogP contribution in [0.25, 0.3) is 0 Å². The topological polar surface area (TPSA) is 41.1 Å². The summed E-state index contributed by atoms with van der Waals surface area (Å²) in [5.74, 6) is 3.21. The molecule has 0 radical (unpaired) electrons. The van der Waals surface area contributed by atoms with Gasteiger partial charge in [-0.1, -0.05) is 20.8 Å². The van der Waals surface area contributed by atoms with Crippen LogP contribution in [0, 0.1) is 6.92 Å². The first-order valence-electron chi connectivity index (χ1n) is 6.27. The van der Waals surface area contributed by atoms with Crippen LogP contribution in [-0.4, -0.2) is 30.6 Å². The Hall–Kier alpha value is -1.32. The molecule has 0 aliphatic heterocycles. The predicted molar refractivity (Wildman–Crippen MR) is 74.0 cm³/mol. The van der Waals surface area contributed by atoms with Gasteiger partial charge < -0.3 is 10.2 Å². The minimum Gasteiger partial charge on any atom is -0.370 e. The Kier molecular flexibility index (Phi) is 4.73. The Morgan fingerprint density at radius 3 is 2.35 bits per heavy atom. The molecule has 0 saturated carbocycles. The maximum absolute atomic E-state index is 4.61. The predicted octanol–water partition coefficient (Wildman–Crippen LogP) is 2.80.